The maximum absolute atomic E-state index is 11.8. The van der Waals surface area contributed by atoms with Crippen molar-refractivity contribution in [3.05, 3.63) is 29.8 Å². The van der Waals surface area contributed by atoms with Crippen molar-refractivity contribution < 1.29 is 14.6 Å². The van der Waals surface area contributed by atoms with Crippen molar-refractivity contribution in [3.8, 4) is 5.75 Å². The second-order valence-corrected chi connectivity index (χ2v) is 5.13. The first-order valence-electron chi connectivity index (χ1n) is 6.78. The summed E-state index contributed by atoms with van der Waals surface area (Å²) >= 11 is 0. The van der Waals surface area contributed by atoms with E-state index in [9.17, 15) is 4.79 Å². The summed E-state index contributed by atoms with van der Waals surface area (Å²) in [6.45, 7) is 2.14. The van der Waals surface area contributed by atoms with E-state index in [1.807, 2.05) is 31.2 Å². The van der Waals surface area contributed by atoms with Crippen LogP contribution in [0.1, 0.15) is 24.8 Å². The molecule has 0 radical (unpaired) electrons. The van der Waals surface area contributed by atoms with Gasteiger partial charge in [0, 0.05) is 12.6 Å². The zero-order chi connectivity index (χ0) is 13.7. The molecule has 2 N–H and O–H groups in total. The smallest absolute Gasteiger partial charge is 0.258 e. The van der Waals surface area contributed by atoms with E-state index >= 15 is 0 Å². The Hall–Kier alpha value is -1.55. The summed E-state index contributed by atoms with van der Waals surface area (Å²) in [6.07, 6.45) is 2.91. The summed E-state index contributed by atoms with van der Waals surface area (Å²) in [4.78, 5) is 11.8. The van der Waals surface area contributed by atoms with Gasteiger partial charge < -0.3 is 15.2 Å². The molecule has 1 aliphatic carbocycles. The van der Waals surface area contributed by atoms with Gasteiger partial charge in [-0.2, -0.15) is 0 Å². The molecule has 0 bridgehead atoms. The molecule has 0 aliphatic heterocycles. The third-order valence-electron chi connectivity index (χ3n) is 3.37. The van der Waals surface area contributed by atoms with Crippen LogP contribution in [0.3, 0.4) is 0 Å². The molecule has 1 saturated carbocycles. The Morgan fingerprint density at radius 2 is 2.11 bits per heavy atom. The maximum atomic E-state index is 11.8. The average Bonchev–Trinajstić information content (AvgIpc) is 3.22. The molecule has 19 heavy (non-hydrogen) atoms. The van der Waals surface area contributed by atoms with Crippen LogP contribution in [-0.4, -0.2) is 30.3 Å². The van der Waals surface area contributed by atoms with Crippen LogP contribution in [0.25, 0.3) is 0 Å². The highest BCUT2D eigenvalue weighted by atomic mass is 16.5. The zero-order valence-corrected chi connectivity index (χ0v) is 11.3. The van der Waals surface area contributed by atoms with E-state index in [4.69, 9.17) is 9.84 Å². The van der Waals surface area contributed by atoms with Gasteiger partial charge in [0.1, 0.15) is 5.75 Å². The van der Waals surface area contributed by atoms with Crippen molar-refractivity contribution in [2.75, 3.05) is 13.2 Å². The average molecular weight is 263 g/mol. The van der Waals surface area contributed by atoms with Crippen LogP contribution in [0, 0.1) is 12.8 Å². The first kappa shape index (κ1) is 13.9. The number of rotatable bonds is 7. The predicted octanol–water partition coefficient (Wildman–Crippen LogP) is 1.65. The summed E-state index contributed by atoms with van der Waals surface area (Å²) in [5.74, 6) is 1.12. The van der Waals surface area contributed by atoms with Crippen molar-refractivity contribution in [2.45, 2.75) is 32.2 Å². The van der Waals surface area contributed by atoms with Crippen molar-refractivity contribution in [3.63, 3.8) is 0 Å². The van der Waals surface area contributed by atoms with E-state index < -0.39 is 0 Å². The highest BCUT2D eigenvalue weighted by molar-refractivity contribution is 5.77. The van der Waals surface area contributed by atoms with E-state index in [2.05, 4.69) is 5.32 Å². The molecule has 4 heteroatoms. The van der Waals surface area contributed by atoms with Gasteiger partial charge in [-0.25, -0.2) is 0 Å². The largest absolute Gasteiger partial charge is 0.484 e. The van der Waals surface area contributed by atoms with E-state index in [1.54, 1.807) is 0 Å². The number of amides is 1. The minimum absolute atomic E-state index is 0.0255. The van der Waals surface area contributed by atoms with E-state index in [0.717, 1.165) is 18.4 Å². The number of carbonyl (C=O) groups excluding carboxylic acids is 1. The lowest BCUT2D eigenvalue weighted by Crippen LogP contribution is -2.39. The van der Waals surface area contributed by atoms with Crippen LogP contribution >= 0.6 is 0 Å². The molecule has 1 aromatic rings. The number of carbonyl (C=O) groups is 1. The van der Waals surface area contributed by atoms with Crippen LogP contribution in [0.5, 0.6) is 5.75 Å². The molecule has 1 unspecified atom stereocenters. The van der Waals surface area contributed by atoms with E-state index in [1.165, 1.54) is 0 Å². The van der Waals surface area contributed by atoms with Gasteiger partial charge in [0.15, 0.2) is 6.61 Å². The van der Waals surface area contributed by atoms with Gasteiger partial charge >= 0.3 is 0 Å². The number of nitrogens with one attached hydrogen (secondary N) is 1. The minimum Gasteiger partial charge on any atom is -0.484 e. The van der Waals surface area contributed by atoms with Crippen molar-refractivity contribution in [1.29, 1.82) is 0 Å². The van der Waals surface area contributed by atoms with Gasteiger partial charge in [-0.1, -0.05) is 17.7 Å². The molecular weight excluding hydrogens is 242 g/mol. The second kappa shape index (κ2) is 6.57. The summed E-state index contributed by atoms with van der Waals surface area (Å²) in [5, 5.41) is 11.9. The molecule has 1 atom stereocenters. The van der Waals surface area contributed by atoms with Crippen molar-refractivity contribution in [1.82, 2.24) is 5.32 Å². The molecule has 0 aromatic heterocycles. The van der Waals surface area contributed by atoms with Gasteiger partial charge in [0.2, 0.25) is 0 Å². The fraction of sp³-hybridized carbons (Fsp3) is 0.533. The summed E-state index contributed by atoms with van der Waals surface area (Å²) in [6, 6.07) is 7.71. The lowest BCUT2D eigenvalue weighted by Gasteiger charge is -2.17. The summed E-state index contributed by atoms with van der Waals surface area (Å²) < 4.78 is 5.43. The number of benzene rings is 1. The fourth-order valence-corrected chi connectivity index (χ4v) is 2.10. The number of hydrogen-bond acceptors (Lipinski definition) is 3. The lowest BCUT2D eigenvalue weighted by molar-refractivity contribution is -0.124. The van der Waals surface area contributed by atoms with Crippen LogP contribution in [0.2, 0.25) is 0 Å². The monoisotopic (exact) mass is 263 g/mol. The molecule has 1 fully saturated rings. The molecule has 1 aromatic carbocycles. The Labute approximate surface area is 113 Å². The molecule has 104 valence electrons. The van der Waals surface area contributed by atoms with Crippen LogP contribution < -0.4 is 10.1 Å². The van der Waals surface area contributed by atoms with Gasteiger partial charge in [-0.3, -0.25) is 4.79 Å². The quantitative estimate of drug-likeness (QED) is 0.786. The van der Waals surface area contributed by atoms with Gasteiger partial charge in [0.05, 0.1) is 0 Å². The summed E-state index contributed by atoms with van der Waals surface area (Å²) in [7, 11) is 0. The first-order valence-corrected chi connectivity index (χ1v) is 6.78. The number of ether oxygens (including phenoxy) is 1. The SMILES string of the molecule is Cc1ccc(OCC(=O)NC(CCO)C2CC2)cc1. The Morgan fingerprint density at radius 1 is 1.42 bits per heavy atom. The molecular formula is C15H21NO3. The van der Waals surface area contributed by atoms with Crippen LogP contribution in [0.4, 0.5) is 0 Å². The van der Waals surface area contributed by atoms with Crippen molar-refractivity contribution in [2.24, 2.45) is 5.92 Å². The lowest BCUT2D eigenvalue weighted by atomic mass is 10.1. The van der Waals surface area contributed by atoms with Crippen molar-refractivity contribution >= 4 is 5.91 Å². The van der Waals surface area contributed by atoms with Gasteiger partial charge in [0.25, 0.3) is 5.91 Å². The Kier molecular flexibility index (Phi) is 4.80. The van der Waals surface area contributed by atoms with Crippen LogP contribution in [-0.2, 0) is 4.79 Å². The highest BCUT2D eigenvalue weighted by Crippen LogP contribution is 2.33. The van der Waals surface area contributed by atoms with E-state index in [0.29, 0.717) is 18.1 Å². The Bertz CT molecular complexity index is 412. The number of aliphatic hydroxyl groups excluding tert-OH is 1. The van der Waals surface area contributed by atoms with Gasteiger partial charge in [-0.05, 0) is 44.2 Å². The Balaban J connectivity index is 1.75. The molecule has 2 rings (SSSR count). The third-order valence-corrected chi connectivity index (χ3v) is 3.37. The number of hydrogen-bond donors (Lipinski definition) is 2. The van der Waals surface area contributed by atoms with E-state index in [-0.39, 0.29) is 25.2 Å². The molecule has 0 heterocycles. The molecule has 0 saturated heterocycles. The molecule has 0 spiro atoms. The second-order valence-electron chi connectivity index (χ2n) is 5.13. The molecule has 1 amide bonds. The topological polar surface area (TPSA) is 58.6 Å². The third kappa shape index (κ3) is 4.56. The normalized spacial score (nSPS) is 15.9. The van der Waals surface area contributed by atoms with Crippen LogP contribution in [0.15, 0.2) is 24.3 Å². The Morgan fingerprint density at radius 3 is 2.68 bits per heavy atom. The zero-order valence-electron chi connectivity index (χ0n) is 11.3. The number of aliphatic hydroxyl groups is 1. The minimum atomic E-state index is -0.120. The number of aryl methyl sites for hydroxylation is 1. The molecule has 4 nitrogen and oxygen atoms in total. The fourth-order valence-electron chi connectivity index (χ4n) is 2.10. The first-order chi connectivity index (χ1) is 9.19. The maximum Gasteiger partial charge on any atom is 0.258 e. The molecule has 1 aliphatic rings. The highest BCUT2D eigenvalue weighted by Gasteiger charge is 2.31. The summed E-state index contributed by atoms with van der Waals surface area (Å²) in [5.41, 5.74) is 1.16. The standard InChI is InChI=1S/C15H21NO3/c1-11-2-6-13(7-3-11)19-10-15(18)16-14(8-9-17)12-4-5-12/h2-3,6-7,12,14,17H,4-5,8-10H2,1H3,(H,16,18). The van der Waals surface area contributed by atoms with Gasteiger partial charge in [-0.15, -0.1) is 0 Å². The predicted molar refractivity (Wildman–Crippen MR) is 73.0 cm³/mol.